The summed E-state index contributed by atoms with van der Waals surface area (Å²) in [6.07, 6.45) is 10.4. The van der Waals surface area contributed by atoms with Crippen LogP contribution < -0.4 is 0 Å². The average Bonchev–Trinajstić information content (AvgIpc) is 3.14. The van der Waals surface area contributed by atoms with Crippen molar-refractivity contribution in [2.45, 2.75) is 37.7 Å². The number of methoxy groups -OCH3 is 1. The molecule has 132 valence electrons. The lowest BCUT2D eigenvalue weighted by molar-refractivity contribution is 0.0655. The molecule has 0 aliphatic heterocycles. The molecule has 0 bridgehead atoms. The van der Waals surface area contributed by atoms with Gasteiger partial charge in [-0.1, -0.05) is 0 Å². The Hall–Kier alpha value is -2.53. The van der Waals surface area contributed by atoms with E-state index in [0.717, 1.165) is 58.7 Å². The van der Waals surface area contributed by atoms with Crippen molar-refractivity contribution in [3.05, 3.63) is 54.4 Å². The summed E-state index contributed by atoms with van der Waals surface area (Å²) in [5.74, 6) is 0.213. The van der Waals surface area contributed by atoms with Crippen molar-refractivity contribution < 1.29 is 9.13 Å². The molecule has 1 aliphatic rings. The van der Waals surface area contributed by atoms with E-state index in [1.807, 2.05) is 12.1 Å². The summed E-state index contributed by atoms with van der Waals surface area (Å²) in [6.45, 7) is 0. The van der Waals surface area contributed by atoms with Gasteiger partial charge in [-0.25, -0.2) is 9.37 Å². The Bertz CT molecular complexity index is 1110. The second-order valence-corrected chi connectivity index (χ2v) is 7.15. The van der Waals surface area contributed by atoms with E-state index in [1.54, 1.807) is 25.6 Å². The van der Waals surface area contributed by atoms with E-state index in [4.69, 9.17) is 9.72 Å². The van der Waals surface area contributed by atoms with Crippen molar-refractivity contribution in [2.24, 2.45) is 0 Å². The number of nitrogens with zero attached hydrogens (tertiary/aromatic N) is 3. The monoisotopic (exact) mass is 349 g/mol. The summed E-state index contributed by atoms with van der Waals surface area (Å²) < 4.78 is 21.5. The SMILES string of the molecule is CO[C@H]1CC[C@H](c2cn3c4ccncc4c4cc(F)ccc4c3n2)CC1. The van der Waals surface area contributed by atoms with Gasteiger partial charge in [0.05, 0.1) is 17.3 Å². The van der Waals surface area contributed by atoms with Gasteiger partial charge in [-0.05, 0) is 55.3 Å². The highest BCUT2D eigenvalue weighted by Gasteiger charge is 2.24. The van der Waals surface area contributed by atoms with Gasteiger partial charge < -0.3 is 4.74 Å². The molecule has 5 rings (SSSR count). The van der Waals surface area contributed by atoms with Crippen LogP contribution in [-0.4, -0.2) is 27.6 Å². The van der Waals surface area contributed by atoms with E-state index in [1.165, 1.54) is 6.07 Å². The Morgan fingerprint density at radius 3 is 2.73 bits per heavy atom. The minimum Gasteiger partial charge on any atom is -0.381 e. The van der Waals surface area contributed by atoms with Crippen LogP contribution in [0.1, 0.15) is 37.3 Å². The van der Waals surface area contributed by atoms with Crippen molar-refractivity contribution >= 4 is 27.3 Å². The second-order valence-electron chi connectivity index (χ2n) is 7.15. The molecule has 3 heterocycles. The molecule has 4 nitrogen and oxygen atoms in total. The number of fused-ring (bicyclic) bond motifs is 6. The second kappa shape index (κ2) is 6.02. The minimum absolute atomic E-state index is 0.239. The molecule has 1 aromatic carbocycles. The molecule has 3 aromatic heterocycles. The molecule has 0 saturated heterocycles. The van der Waals surface area contributed by atoms with Crippen molar-refractivity contribution in [3.63, 3.8) is 0 Å². The Labute approximate surface area is 150 Å². The molecule has 0 amide bonds. The van der Waals surface area contributed by atoms with Crippen molar-refractivity contribution in [1.29, 1.82) is 0 Å². The minimum atomic E-state index is -0.239. The number of halogens is 1. The zero-order valence-electron chi connectivity index (χ0n) is 14.7. The van der Waals surface area contributed by atoms with E-state index in [0.29, 0.717) is 12.0 Å². The quantitative estimate of drug-likeness (QED) is 0.486. The van der Waals surface area contributed by atoms with E-state index in [9.17, 15) is 4.39 Å². The zero-order chi connectivity index (χ0) is 17.7. The first-order valence-electron chi connectivity index (χ1n) is 9.11. The summed E-state index contributed by atoms with van der Waals surface area (Å²) >= 11 is 0. The van der Waals surface area contributed by atoms with E-state index in [2.05, 4.69) is 15.6 Å². The predicted octanol–water partition coefficient (Wildman–Crippen LogP) is 4.85. The Morgan fingerprint density at radius 2 is 1.92 bits per heavy atom. The molecule has 1 fully saturated rings. The number of aromatic nitrogens is 3. The third-order valence-electron chi connectivity index (χ3n) is 5.72. The maximum atomic E-state index is 13.9. The molecule has 1 saturated carbocycles. The van der Waals surface area contributed by atoms with Crippen molar-refractivity contribution in [2.75, 3.05) is 7.11 Å². The number of imidazole rings is 1. The molecule has 1 aliphatic carbocycles. The predicted molar refractivity (Wildman–Crippen MR) is 100.0 cm³/mol. The zero-order valence-corrected chi connectivity index (χ0v) is 14.7. The van der Waals surface area contributed by atoms with Gasteiger partial charge in [0.25, 0.3) is 0 Å². The third kappa shape index (κ3) is 2.38. The fourth-order valence-corrected chi connectivity index (χ4v) is 4.30. The normalized spacial score (nSPS) is 21.0. The van der Waals surface area contributed by atoms with Crippen molar-refractivity contribution in [3.8, 4) is 0 Å². The highest BCUT2D eigenvalue weighted by molar-refractivity contribution is 6.11. The van der Waals surface area contributed by atoms with Gasteiger partial charge in [-0.15, -0.1) is 0 Å². The van der Waals surface area contributed by atoms with Gasteiger partial charge in [0.2, 0.25) is 0 Å². The van der Waals surface area contributed by atoms with E-state index in [-0.39, 0.29) is 5.82 Å². The Balaban J connectivity index is 1.73. The fourth-order valence-electron chi connectivity index (χ4n) is 4.30. The van der Waals surface area contributed by atoms with Crippen LogP contribution in [0.2, 0.25) is 0 Å². The molecule has 0 spiro atoms. The van der Waals surface area contributed by atoms with Crippen LogP contribution in [0.3, 0.4) is 0 Å². The molecule has 0 atom stereocenters. The lowest BCUT2D eigenvalue weighted by Crippen LogP contribution is -2.19. The topological polar surface area (TPSA) is 39.4 Å². The van der Waals surface area contributed by atoms with Crippen LogP contribution in [0.4, 0.5) is 4.39 Å². The molecule has 4 aromatic rings. The van der Waals surface area contributed by atoms with Gasteiger partial charge in [0.15, 0.2) is 0 Å². The number of rotatable bonds is 2. The van der Waals surface area contributed by atoms with Crippen LogP contribution in [-0.2, 0) is 4.74 Å². The van der Waals surface area contributed by atoms with Gasteiger partial charge in [0, 0.05) is 42.4 Å². The highest BCUT2D eigenvalue weighted by Crippen LogP contribution is 2.36. The number of pyridine rings is 2. The maximum absolute atomic E-state index is 13.9. The standard InChI is InChI=1S/C21H20FN3O/c1-26-15-5-2-13(3-6-15)19-12-25-20-8-9-23-11-18(20)17-10-14(22)4-7-16(17)21(25)24-19/h4,7-13,15H,2-3,5-6H2,1H3/t13-,15-. The number of benzene rings is 1. The van der Waals surface area contributed by atoms with Crippen LogP contribution in [0.15, 0.2) is 42.9 Å². The summed E-state index contributed by atoms with van der Waals surface area (Å²) in [5.41, 5.74) is 3.02. The summed E-state index contributed by atoms with van der Waals surface area (Å²) in [5, 5.41) is 2.77. The summed E-state index contributed by atoms with van der Waals surface area (Å²) in [7, 11) is 1.79. The first-order valence-corrected chi connectivity index (χ1v) is 9.11. The van der Waals surface area contributed by atoms with Crippen LogP contribution in [0.25, 0.3) is 27.3 Å². The number of hydrogen-bond donors (Lipinski definition) is 0. The first kappa shape index (κ1) is 15.7. The lowest BCUT2D eigenvalue weighted by atomic mass is 9.85. The van der Waals surface area contributed by atoms with E-state index < -0.39 is 0 Å². The maximum Gasteiger partial charge on any atom is 0.145 e. The van der Waals surface area contributed by atoms with E-state index >= 15 is 0 Å². The Kier molecular flexibility index (Phi) is 3.64. The molecule has 0 radical (unpaired) electrons. The molecule has 0 unspecified atom stereocenters. The van der Waals surface area contributed by atoms with Gasteiger partial charge >= 0.3 is 0 Å². The summed E-state index contributed by atoms with van der Waals surface area (Å²) in [4.78, 5) is 9.22. The van der Waals surface area contributed by atoms with Crippen LogP contribution >= 0.6 is 0 Å². The molecule has 0 N–H and O–H groups in total. The summed E-state index contributed by atoms with van der Waals surface area (Å²) in [6, 6.07) is 6.88. The molecular weight excluding hydrogens is 329 g/mol. The molecular formula is C21H20FN3O. The van der Waals surface area contributed by atoms with Gasteiger partial charge in [-0.3, -0.25) is 9.38 Å². The number of ether oxygens (including phenoxy) is 1. The highest BCUT2D eigenvalue weighted by atomic mass is 19.1. The van der Waals surface area contributed by atoms with Crippen LogP contribution in [0.5, 0.6) is 0 Å². The van der Waals surface area contributed by atoms with Crippen molar-refractivity contribution in [1.82, 2.24) is 14.4 Å². The van der Waals surface area contributed by atoms with Gasteiger partial charge in [-0.2, -0.15) is 0 Å². The third-order valence-corrected chi connectivity index (χ3v) is 5.72. The Morgan fingerprint density at radius 1 is 1.08 bits per heavy atom. The lowest BCUT2D eigenvalue weighted by Gasteiger charge is -2.26. The average molecular weight is 349 g/mol. The largest absolute Gasteiger partial charge is 0.381 e. The van der Waals surface area contributed by atoms with Gasteiger partial charge in [0.1, 0.15) is 11.5 Å². The molecule has 26 heavy (non-hydrogen) atoms. The molecule has 5 heteroatoms. The number of hydrogen-bond acceptors (Lipinski definition) is 3. The smallest absolute Gasteiger partial charge is 0.145 e. The van der Waals surface area contributed by atoms with Crippen LogP contribution in [0, 0.1) is 5.82 Å². The first-order chi connectivity index (χ1) is 12.7. The fraction of sp³-hybridized carbons (Fsp3) is 0.333.